The number of nitrogens with two attached hydrogens (primary N) is 1. The number of nitrogens with zero attached hydrogens (tertiary/aromatic N) is 2. The van der Waals surface area contributed by atoms with Crippen LogP contribution in [0.4, 0.5) is 11.4 Å². The average molecular weight is 319 g/mol. The molecule has 6 nitrogen and oxygen atoms in total. The lowest BCUT2D eigenvalue weighted by atomic mass is 10.2. The number of ether oxygens (including phenoxy) is 1. The molecule has 0 spiro atoms. The van der Waals surface area contributed by atoms with Crippen molar-refractivity contribution in [1.82, 2.24) is 4.98 Å². The van der Waals surface area contributed by atoms with E-state index in [1.54, 1.807) is 31.2 Å². The number of rotatable bonds is 2. The van der Waals surface area contributed by atoms with E-state index in [9.17, 15) is 8.42 Å². The molecule has 3 rings (SSSR count). The molecule has 0 aliphatic carbocycles. The topological polar surface area (TPSA) is 85.5 Å². The summed E-state index contributed by atoms with van der Waals surface area (Å²) in [6.07, 6.45) is 1.16. The maximum atomic E-state index is 13.0. The van der Waals surface area contributed by atoms with E-state index in [4.69, 9.17) is 10.5 Å². The second-order valence-corrected chi connectivity index (χ2v) is 7.24. The van der Waals surface area contributed by atoms with Crippen molar-refractivity contribution < 1.29 is 13.2 Å². The number of hydrogen-bond acceptors (Lipinski definition) is 5. The normalized spacial score (nSPS) is 17.7. The van der Waals surface area contributed by atoms with E-state index in [0.29, 0.717) is 11.4 Å². The summed E-state index contributed by atoms with van der Waals surface area (Å²) < 4.78 is 32.8. The first-order chi connectivity index (χ1) is 10.4. The van der Waals surface area contributed by atoms with E-state index in [1.165, 1.54) is 10.5 Å². The molecule has 2 aromatic rings. The highest BCUT2D eigenvalue weighted by Gasteiger charge is 2.33. The summed E-state index contributed by atoms with van der Waals surface area (Å²) in [5, 5.41) is 0. The molecule has 0 radical (unpaired) electrons. The summed E-state index contributed by atoms with van der Waals surface area (Å²) in [5.74, 6) is 0.282. The van der Waals surface area contributed by atoms with Gasteiger partial charge in [0, 0.05) is 0 Å². The molecule has 2 N–H and O–H groups in total. The molecule has 0 amide bonds. The summed E-state index contributed by atoms with van der Waals surface area (Å²) in [6, 6.07) is 8.39. The van der Waals surface area contributed by atoms with Crippen molar-refractivity contribution >= 4 is 21.4 Å². The summed E-state index contributed by atoms with van der Waals surface area (Å²) in [4.78, 5) is 4.34. The van der Waals surface area contributed by atoms with Gasteiger partial charge in [-0.25, -0.2) is 13.4 Å². The van der Waals surface area contributed by atoms with Gasteiger partial charge in [0.1, 0.15) is 11.8 Å². The number of hydrogen-bond donors (Lipinski definition) is 1. The lowest BCUT2D eigenvalue weighted by Crippen LogP contribution is -2.42. The number of nitrogen functional groups attached to an aromatic ring is 1. The molecule has 1 atom stereocenters. The monoisotopic (exact) mass is 319 g/mol. The smallest absolute Gasteiger partial charge is 0.264 e. The fourth-order valence-electron chi connectivity index (χ4n) is 2.42. The van der Waals surface area contributed by atoms with Crippen molar-refractivity contribution in [1.29, 1.82) is 0 Å². The van der Waals surface area contributed by atoms with Crippen molar-refractivity contribution in [3.8, 4) is 5.88 Å². The predicted octanol–water partition coefficient (Wildman–Crippen LogP) is 1.95. The molecule has 0 fully saturated rings. The SMILES string of the molecule is Cc1cccc(S(=O)(=O)N2C[C@H](C)Oc3ncc(N)cc32)c1. The molecule has 1 aliphatic rings. The maximum absolute atomic E-state index is 13.0. The van der Waals surface area contributed by atoms with Gasteiger partial charge < -0.3 is 10.5 Å². The summed E-state index contributed by atoms with van der Waals surface area (Å²) >= 11 is 0. The van der Waals surface area contributed by atoms with Crippen LogP contribution in [0.3, 0.4) is 0 Å². The molecule has 1 aromatic heterocycles. The second-order valence-electron chi connectivity index (χ2n) is 5.37. The number of aryl methyl sites for hydroxylation is 1. The van der Waals surface area contributed by atoms with Gasteiger partial charge in [0.2, 0.25) is 5.88 Å². The third-order valence-electron chi connectivity index (χ3n) is 3.44. The third-order valence-corrected chi connectivity index (χ3v) is 5.21. The molecule has 7 heteroatoms. The Morgan fingerprint density at radius 2 is 2.14 bits per heavy atom. The molecule has 0 saturated carbocycles. The number of pyridine rings is 1. The van der Waals surface area contributed by atoms with Crippen LogP contribution in [-0.2, 0) is 10.0 Å². The maximum Gasteiger partial charge on any atom is 0.264 e. The first kappa shape index (κ1) is 14.6. The van der Waals surface area contributed by atoms with Gasteiger partial charge in [-0.3, -0.25) is 4.31 Å². The van der Waals surface area contributed by atoms with E-state index in [0.717, 1.165) is 5.56 Å². The average Bonchev–Trinajstić information content (AvgIpc) is 2.47. The van der Waals surface area contributed by atoms with Crippen LogP contribution in [0.5, 0.6) is 5.88 Å². The Labute approximate surface area is 129 Å². The quantitative estimate of drug-likeness (QED) is 0.914. The molecule has 1 aromatic carbocycles. The minimum absolute atomic E-state index is 0.217. The first-order valence-corrected chi connectivity index (χ1v) is 8.33. The van der Waals surface area contributed by atoms with E-state index in [-0.39, 0.29) is 23.4 Å². The van der Waals surface area contributed by atoms with E-state index >= 15 is 0 Å². The van der Waals surface area contributed by atoms with Crippen LogP contribution in [0.15, 0.2) is 41.4 Å². The van der Waals surface area contributed by atoms with Crippen molar-refractivity contribution in [2.45, 2.75) is 24.8 Å². The lowest BCUT2D eigenvalue weighted by molar-refractivity contribution is 0.210. The van der Waals surface area contributed by atoms with E-state index in [2.05, 4.69) is 4.98 Å². The number of anilines is 2. The van der Waals surface area contributed by atoms with Crippen LogP contribution in [0.2, 0.25) is 0 Å². The molecule has 22 heavy (non-hydrogen) atoms. The predicted molar refractivity (Wildman–Crippen MR) is 84.5 cm³/mol. The number of fused-ring (bicyclic) bond motifs is 1. The van der Waals surface area contributed by atoms with Gasteiger partial charge in [-0.15, -0.1) is 0 Å². The Morgan fingerprint density at radius 1 is 1.36 bits per heavy atom. The largest absolute Gasteiger partial charge is 0.471 e. The molecule has 0 saturated heterocycles. The Bertz CT molecular complexity index is 821. The molecule has 0 bridgehead atoms. The molecular formula is C15H17N3O3S. The van der Waals surface area contributed by atoms with Crippen LogP contribution >= 0.6 is 0 Å². The molecule has 2 heterocycles. The van der Waals surface area contributed by atoms with Gasteiger partial charge in [0.15, 0.2) is 0 Å². The second kappa shape index (κ2) is 5.17. The molecule has 1 aliphatic heterocycles. The summed E-state index contributed by atoms with van der Waals surface area (Å²) in [7, 11) is -3.69. The van der Waals surface area contributed by atoms with Gasteiger partial charge in [0.25, 0.3) is 10.0 Å². The van der Waals surface area contributed by atoms with Gasteiger partial charge in [-0.05, 0) is 37.6 Å². The van der Waals surface area contributed by atoms with Gasteiger partial charge in [0.05, 0.1) is 23.3 Å². The molecule has 116 valence electrons. The Morgan fingerprint density at radius 3 is 2.86 bits per heavy atom. The van der Waals surface area contributed by atoms with Crippen molar-refractivity contribution in [2.24, 2.45) is 0 Å². The van der Waals surface area contributed by atoms with Crippen LogP contribution < -0.4 is 14.8 Å². The van der Waals surface area contributed by atoms with Crippen LogP contribution in [0.1, 0.15) is 12.5 Å². The van der Waals surface area contributed by atoms with E-state index in [1.807, 2.05) is 13.0 Å². The van der Waals surface area contributed by atoms with Crippen LogP contribution in [-0.4, -0.2) is 26.1 Å². The van der Waals surface area contributed by atoms with Crippen molar-refractivity contribution in [3.63, 3.8) is 0 Å². The minimum Gasteiger partial charge on any atom is -0.471 e. The van der Waals surface area contributed by atoms with Crippen LogP contribution in [0.25, 0.3) is 0 Å². The highest BCUT2D eigenvalue weighted by molar-refractivity contribution is 7.92. The standard InChI is InChI=1S/C15H17N3O3S/c1-10-4-3-5-13(6-10)22(19,20)18-9-11(2)21-15-14(18)7-12(16)8-17-15/h3-8,11H,9,16H2,1-2H3/t11-/m0/s1. The summed E-state index contributed by atoms with van der Waals surface area (Å²) in [5.41, 5.74) is 7.39. The van der Waals surface area contributed by atoms with Crippen LogP contribution in [0, 0.1) is 6.92 Å². The van der Waals surface area contributed by atoms with Gasteiger partial charge in [-0.2, -0.15) is 0 Å². The van der Waals surface area contributed by atoms with Crippen molar-refractivity contribution in [2.75, 3.05) is 16.6 Å². The highest BCUT2D eigenvalue weighted by atomic mass is 32.2. The lowest BCUT2D eigenvalue weighted by Gasteiger charge is -2.33. The third kappa shape index (κ3) is 2.48. The zero-order valence-electron chi connectivity index (χ0n) is 12.4. The molecule has 0 unspecified atom stereocenters. The highest BCUT2D eigenvalue weighted by Crippen LogP contribution is 2.36. The minimum atomic E-state index is -3.69. The Hall–Kier alpha value is -2.28. The van der Waals surface area contributed by atoms with Gasteiger partial charge >= 0.3 is 0 Å². The number of sulfonamides is 1. The van der Waals surface area contributed by atoms with E-state index < -0.39 is 10.0 Å². The Kier molecular flexibility index (Phi) is 3.44. The van der Waals surface area contributed by atoms with Gasteiger partial charge in [-0.1, -0.05) is 12.1 Å². The first-order valence-electron chi connectivity index (χ1n) is 6.89. The number of aromatic nitrogens is 1. The molecular weight excluding hydrogens is 302 g/mol. The fourth-order valence-corrected chi connectivity index (χ4v) is 4.05. The fraction of sp³-hybridized carbons (Fsp3) is 0.267. The zero-order chi connectivity index (χ0) is 15.9. The summed E-state index contributed by atoms with van der Waals surface area (Å²) in [6.45, 7) is 3.88. The number of benzene rings is 1. The van der Waals surface area contributed by atoms with Crippen molar-refractivity contribution in [3.05, 3.63) is 42.1 Å². The Balaban J connectivity index is 2.14. The zero-order valence-corrected chi connectivity index (χ0v) is 13.2.